The number of benzene rings is 1. The Morgan fingerprint density at radius 3 is 2.48 bits per heavy atom. The zero-order valence-corrected chi connectivity index (χ0v) is 11.5. The Morgan fingerprint density at radius 1 is 1.29 bits per heavy atom. The number of amides is 2. The van der Waals surface area contributed by atoms with Crippen molar-refractivity contribution >= 4 is 17.7 Å². The summed E-state index contributed by atoms with van der Waals surface area (Å²) in [6, 6.07) is 1.15. The highest BCUT2D eigenvalue weighted by Crippen LogP contribution is 2.35. The minimum absolute atomic E-state index is 0.139. The fraction of sp³-hybridized carbons (Fsp3) is 0.429. The molecule has 0 atom stereocenters. The van der Waals surface area contributed by atoms with Crippen LogP contribution >= 0.6 is 0 Å². The number of rotatable bonds is 4. The van der Waals surface area contributed by atoms with E-state index in [1.54, 1.807) is 0 Å². The topological polar surface area (TPSA) is 78.4 Å². The van der Waals surface area contributed by atoms with Crippen LogP contribution in [0.3, 0.4) is 0 Å². The highest BCUT2D eigenvalue weighted by Gasteiger charge is 2.40. The van der Waals surface area contributed by atoms with E-state index in [1.807, 2.05) is 0 Å². The fourth-order valence-electron chi connectivity index (χ4n) is 2.38. The molecule has 2 amide bonds. The summed E-state index contributed by atoms with van der Waals surface area (Å²) in [5.41, 5.74) is -0.935. The van der Waals surface area contributed by atoms with Crippen LogP contribution in [-0.2, 0) is 4.79 Å². The van der Waals surface area contributed by atoms with Crippen molar-refractivity contribution in [2.75, 3.05) is 5.32 Å². The summed E-state index contributed by atoms with van der Waals surface area (Å²) < 4.78 is 27.0. The number of hydrogen-bond acceptors (Lipinski definition) is 2. The minimum atomic E-state index is -1.01. The molecule has 1 fully saturated rings. The van der Waals surface area contributed by atoms with Crippen LogP contribution in [0.2, 0.25) is 0 Å². The lowest BCUT2D eigenvalue weighted by Gasteiger charge is -2.41. The first-order chi connectivity index (χ1) is 9.81. The fourth-order valence-corrected chi connectivity index (χ4v) is 2.38. The number of halogens is 2. The number of urea groups is 1. The molecule has 7 heteroatoms. The van der Waals surface area contributed by atoms with Crippen LogP contribution in [0.1, 0.15) is 31.2 Å². The maximum atomic E-state index is 13.6. The molecule has 3 N–H and O–H groups in total. The van der Waals surface area contributed by atoms with Gasteiger partial charge in [-0.3, -0.25) is 4.79 Å². The van der Waals surface area contributed by atoms with E-state index in [1.165, 1.54) is 6.92 Å². The summed E-state index contributed by atoms with van der Waals surface area (Å²) in [4.78, 5) is 22.6. The number of anilines is 1. The Hall–Kier alpha value is -2.18. The van der Waals surface area contributed by atoms with Gasteiger partial charge in [0.05, 0.1) is 17.6 Å². The van der Waals surface area contributed by atoms with Crippen LogP contribution in [0.25, 0.3) is 0 Å². The van der Waals surface area contributed by atoms with Crippen LogP contribution in [0, 0.1) is 18.6 Å². The SMILES string of the molecule is Cc1cc(F)c(NC(=O)NC2(CC(=O)O)CCC2)cc1F. The number of nitrogens with one attached hydrogen (secondary N) is 2. The Kier molecular flexibility index (Phi) is 4.11. The molecule has 0 aromatic heterocycles. The molecule has 0 saturated heterocycles. The van der Waals surface area contributed by atoms with Crippen LogP contribution in [-0.4, -0.2) is 22.6 Å². The van der Waals surface area contributed by atoms with E-state index in [2.05, 4.69) is 10.6 Å². The summed E-state index contributed by atoms with van der Waals surface area (Å²) in [5, 5.41) is 13.6. The first-order valence-corrected chi connectivity index (χ1v) is 6.58. The molecule has 0 radical (unpaired) electrons. The molecule has 0 bridgehead atoms. The molecule has 0 spiro atoms. The number of carboxylic acids is 1. The number of aryl methyl sites for hydroxylation is 1. The monoisotopic (exact) mass is 298 g/mol. The van der Waals surface area contributed by atoms with Crippen molar-refractivity contribution in [1.29, 1.82) is 0 Å². The minimum Gasteiger partial charge on any atom is -0.481 e. The average Bonchev–Trinajstić information content (AvgIpc) is 2.32. The number of aliphatic carboxylic acids is 1. The molecule has 0 unspecified atom stereocenters. The van der Waals surface area contributed by atoms with Gasteiger partial charge in [0.25, 0.3) is 0 Å². The smallest absolute Gasteiger partial charge is 0.319 e. The van der Waals surface area contributed by atoms with Gasteiger partial charge in [-0.25, -0.2) is 13.6 Å². The highest BCUT2D eigenvalue weighted by molar-refractivity contribution is 5.90. The van der Waals surface area contributed by atoms with Crippen molar-refractivity contribution in [3.63, 3.8) is 0 Å². The van der Waals surface area contributed by atoms with Crippen molar-refractivity contribution in [3.8, 4) is 0 Å². The lowest BCUT2D eigenvalue weighted by Crippen LogP contribution is -2.55. The molecule has 5 nitrogen and oxygen atoms in total. The molecule has 114 valence electrons. The summed E-state index contributed by atoms with van der Waals surface area (Å²) in [7, 11) is 0. The second-order valence-electron chi connectivity index (χ2n) is 5.36. The van der Waals surface area contributed by atoms with E-state index in [4.69, 9.17) is 5.11 Å². The van der Waals surface area contributed by atoms with E-state index >= 15 is 0 Å². The Labute approximate surface area is 120 Å². The van der Waals surface area contributed by atoms with E-state index in [0.717, 1.165) is 18.6 Å². The molecule has 0 aliphatic heterocycles. The van der Waals surface area contributed by atoms with Gasteiger partial charge in [-0.2, -0.15) is 0 Å². The number of carboxylic acid groups (broad SMARTS) is 1. The molecule has 1 saturated carbocycles. The number of carbonyl (C=O) groups is 2. The lowest BCUT2D eigenvalue weighted by molar-refractivity contribution is -0.139. The lowest BCUT2D eigenvalue weighted by atomic mass is 9.74. The first kappa shape index (κ1) is 15.2. The van der Waals surface area contributed by atoms with Crippen molar-refractivity contribution in [3.05, 3.63) is 29.3 Å². The van der Waals surface area contributed by atoms with E-state index < -0.39 is 29.2 Å². The predicted octanol–water partition coefficient (Wildman–Crippen LogP) is 2.79. The van der Waals surface area contributed by atoms with Gasteiger partial charge in [-0.1, -0.05) is 0 Å². The summed E-state index contributed by atoms with van der Waals surface area (Å²) in [6.07, 6.45) is 1.74. The second-order valence-corrected chi connectivity index (χ2v) is 5.36. The third kappa shape index (κ3) is 3.48. The standard InChI is InChI=1S/C14H16F2N2O3/c1-8-5-10(16)11(6-9(8)15)17-13(21)18-14(3-2-4-14)7-12(19)20/h5-6H,2-4,7H2,1H3,(H,19,20)(H2,17,18,21). The molecule has 0 heterocycles. The average molecular weight is 298 g/mol. The van der Waals surface area contributed by atoms with E-state index in [-0.39, 0.29) is 17.7 Å². The van der Waals surface area contributed by atoms with Gasteiger partial charge >= 0.3 is 12.0 Å². The molecule has 1 aliphatic rings. The van der Waals surface area contributed by atoms with Crippen molar-refractivity contribution in [1.82, 2.24) is 5.32 Å². The Balaban J connectivity index is 2.05. The Morgan fingerprint density at radius 2 is 1.95 bits per heavy atom. The largest absolute Gasteiger partial charge is 0.481 e. The van der Waals surface area contributed by atoms with Gasteiger partial charge < -0.3 is 15.7 Å². The van der Waals surface area contributed by atoms with Crippen molar-refractivity contribution < 1.29 is 23.5 Å². The first-order valence-electron chi connectivity index (χ1n) is 6.58. The second kappa shape index (κ2) is 5.67. The van der Waals surface area contributed by atoms with Gasteiger partial charge in [-0.15, -0.1) is 0 Å². The summed E-state index contributed by atoms with van der Waals surface area (Å²) in [6.45, 7) is 1.42. The highest BCUT2D eigenvalue weighted by atomic mass is 19.1. The van der Waals surface area contributed by atoms with Crippen LogP contribution < -0.4 is 10.6 Å². The van der Waals surface area contributed by atoms with Gasteiger partial charge in [0.15, 0.2) is 0 Å². The maximum Gasteiger partial charge on any atom is 0.319 e. The number of hydrogen-bond donors (Lipinski definition) is 3. The molecule has 1 aromatic rings. The Bertz CT molecular complexity index is 586. The molecule has 1 aromatic carbocycles. The van der Waals surface area contributed by atoms with E-state index in [0.29, 0.717) is 12.8 Å². The van der Waals surface area contributed by atoms with Crippen molar-refractivity contribution in [2.45, 2.75) is 38.1 Å². The van der Waals surface area contributed by atoms with Crippen LogP contribution in [0.4, 0.5) is 19.3 Å². The maximum absolute atomic E-state index is 13.6. The third-order valence-electron chi connectivity index (χ3n) is 3.68. The third-order valence-corrected chi connectivity index (χ3v) is 3.68. The summed E-state index contributed by atoms with van der Waals surface area (Å²) >= 11 is 0. The molecular formula is C14H16F2N2O3. The molecular weight excluding hydrogens is 282 g/mol. The van der Waals surface area contributed by atoms with E-state index in [9.17, 15) is 18.4 Å². The van der Waals surface area contributed by atoms with Gasteiger partial charge in [-0.05, 0) is 37.8 Å². The molecule has 1 aliphatic carbocycles. The molecule has 2 rings (SSSR count). The summed E-state index contributed by atoms with van der Waals surface area (Å²) in [5.74, 6) is -2.39. The predicted molar refractivity (Wildman–Crippen MR) is 72.1 cm³/mol. The van der Waals surface area contributed by atoms with Crippen molar-refractivity contribution in [2.24, 2.45) is 0 Å². The molecule has 21 heavy (non-hydrogen) atoms. The zero-order valence-electron chi connectivity index (χ0n) is 11.5. The van der Waals surface area contributed by atoms with Gasteiger partial charge in [0.1, 0.15) is 11.6 Å². The zero-order chi connectivity index (χ0) is 15.6. The van der Waals surface area contributed by atoms with Crippen LogP contribution in [0.15, 0.2) is 12.1 Å². The normalized spacial score (nSPS) is 16.0. The quantitative estimate of drug-likeness (QED) is 0.799. The van der Waals surface area contributed by atoms with Gasteiger partial charge in [0, 0.05) is 6.07 Å². The van der Waals surface area contributed by atoms with Crippen LogP contribution in [0.5, 0.6) is 0 Å². The number of carbonyl (C=O) groups excluding carboxylic acids is 1. The van der Waals surface area contributed by atoms with Gasteiger partial charge in [0.2, 0.25) is 0 Å².